The minimum Gasteiger partial charge on any atom is -0.456 e. The van der Waals surface area contributed by atoms with Crippen molar-refractivity contribution >= 4 is 44.3 Å². The number of aromatic amines is 1. The van der Waals surface area contributed by atoms with Crippen LogP contribution in [0.1, 0.15) is 30.0 Å². The van der Waals surface area contributed by atoms with Gasteiger partial charge in [0.25, 0.3) is 5.91 Å². The van der Waals surface area contributed by atoms with E-state index >= 15 is 0 Å². The molecule has 0 bridgehead atoms. The second-order valence-corrected chi connectivity index (χ2v) is 8.28. The van der Waals surface area contributed by atoms with Crippen LogP contribution in [0.15, 0.2) is 54.7 Å². The Hall–Kier alpha value is -3.19. The van der Waals surface area contributed by atoms with Gasteiger partial charge in [-0.25, -0.2) is 4.98 Å². The minimum absolute atomic E-state index is 0.195. The highest BCUT2D eigenvalue weighted by atomic mass is 32.1. The highest BCUT2D eigenvalue weighted by molar-refractivity contribution is 7.18. The minimum atomic E-state index is -0.380. The normalized spacial score (nSPS) is 12.2. The van der Waals surface area contributed by atoms with Crippen molar-refractivity contribution in [2.45, 2.75) is 25.8 Å². The second-order valence-electron chi connectivity index (χ2n) is 7.22. The molecule has 0 fully saturated rings. The van der Waals surface area contributed by atoms with Gasteiger partial charge in [0.15, 0.2) is 6.61 Å². The third-order valence-electron chi connectivity index (χ3n) is 5.27. The van der Waals surface area contributed by atoms with Gasteiger partial charge in [-0.3, -0.25) is 9.59 Å². The molecule has 0 aliphatic carbocycles. The van der Waals surface area contributed by atoms with Crippen LogP contribution in [0.2, 0.25) is 0 Å². The maximum Gasteiger partial charge on any atom is 0.306 e. The van der Waals surface area contributed by atoms with Crippen molar-refractivity contribution in [1.29, 1.82) is 0 Å². The SMILES string of the molecule is C[C@H](c1nc2ccccc2s1)N(C)C(=O)COC(=O)CCc1c[nH]c2ccccc12. The topological polar surface area (TPSA) is 75.3 Å². The van der Waals surface area contributed by atoms with Crippen LogP contribution in [0.25, 0.3) is 21.1 Å². The highest BCUT2D eigenvalue weighted by Gasteiger charge is 2.21. The average Bonchev–Trinajstić information content (AvgIpc) is 3.39. The van der Waals surface area contributed by atoms with E-state index in [2.05, 4.69) is 9.97 Å². The number of H-pyrrole nitrogens is 1. The number of fused-ring (bicyclic) bond motifs is 2. The van der Waals surface area contributed by atoms with Crippen LogP contribution in [0.3, 0.4) is 0 Å². The lowest BCUT2D eigenvalue weighted by Gasteiger charge is -2.23. The van der Waals surface area contributed by atoms with E-state index in [0.29, 0.717) is 6.42 Å². The monoisotopic (exact) mass is 421 g/mol. The molecule has 1 N–H and O–H groups in total. The number of benzene rings is 2. The summed E-state index contributed by atoms with van der Waals surface area (Å²) in [5.41, 5.74) is 3.03. The van der Waals surface area contributed by atoms with Gasteiger partial charge in [0.1, 0.15) is 5.01 Å². The molecule has 0 aliphatic rings. The largest absolute Gasteiger partial charge is 0.456 e. The number of carbonyl (C=O) groups is 2. The van der Waals surface area contributed by atoms with Crippen molar-refractivity contribution in [1.82, 2.24) is 14.9 Å². The quantitative estimate of drug-likeness (QED) is 0.447. The molecule has 4 aromatic rings. The highest BCUT2D eigenvalue weighted by Crippen LogP contribution is 2.28. The van der Waals surface area contributed by atoms with Crippen molar-refractivity contribution in [3.05, 3.63) is 65.3 Å². The number of thiazole rings is 1. The molecule has 2 aromatic heterocycles. The van der Waals surface area contributed by atoms with Gasteiger partial charge in [-0.2, -0.15) is 0 Å². The van der Waals surface area contributed by atoms with Gasteiger partial charge in [0.2, 0.25) is 0 Å². The summed E-state index contributed by atoms with van der Waals surface area (Å²) < 4.78 is 6.31. The molecule has 0 saturated heterocycles. The van der Waals surface area contributed by atoms with Crippen LogP contribution in [-0.4, -0.2) is 40.4 Å². The van der Waals surface area contributed by atoms with Gasteiger partial charge >= 0.3 is 5.97 Å². The van der Waals surface area contributed by atoms with E-state index < -0.39 is 0 Å². The Morgan fingerprint density at radius 1 is 1.17 bits per heavy atom. The molecule has 0 saturated carbocycles. The van der Waals surface area contributed by atoms with Gasteiger partial charge in [-0.15, -0.1) is 11.3 Å². The average molecular weight is 422 g/mol. The number of likely N-dealkylation sites (N-methyl/N-ethyl adjacent to an activating group) is 1. The van der Waals surface area contributed by atoms with Crippen LogP contribution < -0.4 is 0 Å². The molecule has 2 aromatic carbocycles. The summed E-state index contributed by atoms with van der Waals surface area (Å²) >= 11 is 1.57. The smallest absolute Gasteiger partial charge is 0.306 e. The fourth-order valence-electron chi connectivity index (χ4n) is 3.34. The number of hydrogen-bond donors (Lipinski definition) is 1. The van der Waals surface area contributed by atoms with Crippen LogP contribution in [0.5, 0.6) is 0 Å². The van der Waals surface area contributed by atoms with E-state index in [-0.39, 0.29) is 30.9 Å². The number of carbonyl (C=O) groups excluding carboxylic acids is 2. The Balaban J connectivity index is 1.29. The number of nitrogens with one attached hydrogen (secondary N) is 1. The fourth-order valence-corrected chi connectivity index (χ4v) is 4.40. The molecule has 0 aliphatic heterocycles. The molecule has 154 valence electrons. The zero-order valence-electron chi connectivity index (χ0n) is 16.9. The fraction of sp³-hybridized carbons (Fsp3) is 0.261. The summed E-state index contributed by atoms with van der Waals surface area (Å²) in [5, 5.41) is 1.96. The Morgan fingerprint density at radius 3 is 2.77 bits per heavy atom. The summed E-state index contributed by atoms with van der Waals surface area (Å²) in [7, 11) is 1.71. The van der Waals surface area contributed by atoms with Crippen molar-refractivity contribution in [3.8, 4) is 0 Å². The number of para-hydroxylation sites is 2. The van der Waals surface area contributed by atoms with Crippen molar-refractivity contribution in [2.24, 2.45) is 0 Å². The lowest BCUT2D eigenvalue weighted by Crippen LogP contribution is -2.33. The molecule has 7 heteroatoms. The summed E-state index contributed by atoms with van der Waals surface area (Å²) in [5.74, 6) is -0.628. The van der Waals surface area contributed by atoms with Gasteiger partial charge in [0, 0.05) is 30.6 Å². The first-order valence-electron chi connectivity index (χ1n) is 9.84. The molecule has 0 unspecified atom stereocenters. The Bertz CT molecular complexity index is 1160. The van der Waals surface area contributed by atoms with E-state index in [1.807, 2.05) is 61.7 Å². The molecule has 1 atom stereocenters. The van der Waals surface area contributed by atoms with Crippen LogP contribution >= 0.6 is 11.3 Å². The second kappa shape index (κ2) is 8.67. The standard InChI is InChI=1S/C23H23N3O3S/c1-15(23-25-19-9-5-6-10-20(19)30-23)26(2)21(27)14-29-22(28)12-11-16-13-24-18-8-4-3-7-17(16)18/h3-10,13,15,24H,11-12,14H2,1-2H3/t15-/m1/s1. The van der Waals surface area contributed by atoms with Gasteiger partial charge in [-0.05, 0) is 37.1 Å². The molecule has 0 spiro atoms. The first-order valence-corrected chi connectivity index (χ1v) is 10.7. The number of ether oxygens (including phenoxy) is 1. The van der Waals surface area contributed by atoms with Crippen LogP contribution in [-0.2, 0) is 20.7 Å². The molecule has 4 rings (SSSR count). The maximum absolute atomic E-state index is 12.5. The molecule has 1 amide bonds. The Labute approximate surface area is 178 Å². The van der Waals surface area contributed by atoms with Gasteiger partial charge in [-0.1, -0.05) is 30.3 Å². The predicted molar refractivity (Wildman–Crippen MR) is 118 cm³/mol. The molecule has 2 heterocycles. The third-order valence-corrected chi connectivity index (χ3v) is 6.48. The lowest BCUT2D eigenvalue weighted by atomic mass is 10.1. The molecular formula is C23H23N3O3S. The first kappa shape index (κ1) is 20.1. The van der Waals surface area contributed by atoms with Gasteiger partial charge in [0.05, 0.1) is 16.3 Å². The van der Waals surface area contributed by atoms with Crippen molar-refractivity contribution < 1.29 is 14.3 Å². The third kappa shape index (κ3) is 4.21. The zero-order chi connectivity index (χ0) is 21.1. The Kier molecular flexibility index (Phi) is 5.81. The molecule has 6 nitrogen and oxygen atoms in total. The van der Waals surface area contributed by atoms with E-state index in [9.17, 15) is 9.59 Å². The lowest BCUT2D eigenvalue weighted by molar-refractivity contribution is -0.152. The summed E-state index contributed by atoms with van der Waals surface area (Å²) in [6.07, 6.45) is 2.71. The first-order chi connectivity index (χ1) is 14.5. The number of rotatable bonds is 7. The number of esters is 1. The number of aromatic nitrogens is 2. The maximum atomic E-state index is 12.5. The van der Waals surface area contributed by atoms with Gasteiger partial charge < -0.3 is 14.6 Å². The molecule has 0 radical (unpaired) electrons. The van der Waals surface area contributed by atoms with Crippen molar-refractivity contribution in [2.75, 3.05) is 13.7 Å². The molecule has 30 heavy (non-hydrogen) atoms. The predicted octanol–water partition coefficient (Wildman–Crippen LogP) is 4.47. The number of aryl methyl sites for hydroxylation is 1. The van der Waals surface area contributed by atoms with E-state index in [0.717, 1.165) is 31.7 Å². The zero-order valence-corrected chi connectivity index (χ0v) is 17.7. The molecular weight excluding hydrogens is 398 g/mol. The van der Waals surface area contributed by atoms with E-state index in [1.54, 1.807) is 23.3 Å². The van der Waals surface area contributed by atoms with Crippen LogP contribution in [0.4, 0.5) is 0 Å². The van der Waals surface area contributed by atoms with E-state index in [1.165, 1.54) is 0 Å². The van der Waals surface area contributed by atoms with E-state index in [4.69, 9.17) is 4.74 Å². The summed E-state index contributed by atoms with van der Waals surface area (Å²) in [6, 6.07) is 15.7. The number of hydrogen-bond acceptors (Lipinski definition) is 5. The summed E-state index contributed by atoms with van der Waals surface area (Å²) in [4.78, 5) is 34.0. The summed E-state index contributed by atoms with van der Waals surface area (Å²) in [6.45, 7) is 1.66. The number of amides is 1. The Morgan fingerprint density at radius 2 is 1.93 bits per heavy atom. The number of nitrogens with zero attached hydrogens (tertiary/aromatic N) is 2. The van der Waals surface area contributed by atoms with Crippen molar-refractivity contribution in [3.63, 3.8) is 0 Å². The van der Waals surface area contributed by atoms with Crippen LogP contribution in [0, 0.1) is 0 Å².